The number of unbranched alkanes of at least 4 members (excludes halogenated alkanes) is 15. The third-order valence-electron chi connectivity index (χ3n) is 5.42. The van der Waals surface area contributed by atoms with E-state index in [1.807, 2.05) is 0 Å². The molecule has 0 heterocycles. The lowest BCUT2D eigenvalue weighted by Crippen LogP contribution is -2.30. The average Bonchev–Trinajstić information content (AvgIpc) is 2.61. The van der Waals surface area contributed by atoms with E-state index in [9.17, 15) is 0 Å². The van der Waals surface area contributed by atoms with Crippen molar-refractivity contribution in [2.45, 2.75) is 122 Å². The van der Waals surface area contributed by atoms with Crippen LogP contribution in [0.4, 0.5) is 0 Å². The summed E-state index contributed by atoms with van der Waals surface area (Å²) in [5.74, 6) is 0. The Morgan fingerprint density at radius 2 is 1.04 bits per heavy atom. The lowest BCUT2D eigenvalue weighted by Gasteiger charge is -2.21. The predicted octanol–water partition coefficient (Wildman–Crippen LogP) is 6.85. The molecule has 0 aliphatic heterocycles. The maximum Gasteiger partial charge on any atom is 0.200 e. The Labute approximate surface area is 157 Å². The van der Waals surface area contributed by atoms with Crippen LogP contribution in [-0.4, -0.2) is 18.8 Å². The van der Waals surface area contributed by atoms with E-state index in [4.69, 9.17) is 4.12 Å². The highest BCUT2D eigenvalue weighted by atomic mass is 28.4. The van der Waals surface area contributed by atoms with Crippen molar-refractivity contribution in [2.24, 2.45) is 0 Å². The van der Waals surface area contributed by atoms with Crippen LogP contribution in [-0.2, 0) is 4.12 Å². The zero-order valence-electron chi connectivity index (χ0n) is 17.2. The third kappa shape index (κ3) is 15.6. The second kappa shape index (κ2) is 17.9. The van der Waals surface area contributed by atoms with Crippen LogP contribution >= 0.6 is 0 Å². The van der Waals surface area contributed by atoms with Crippen LogP contribution in [0.25, 0.3) is 0 Å². The molecule has 0 radical (unpaired) electrons. The number of hydrogen-bond donors (Lipinski definition) is 0. The van der Waals surface area contributed by atoms with Crippen molar-refractivity contribution < 1.29 is 4.12 Å². The van der Waals surface area contributed by atoms with Gasteiger partial charge in [0.15, 0.2) is 0 Å². The molecule has 0 fully saturated rings. The van der Waals surface area contributed by atoms with Gasteiger partial charge in [-0.3, -0.25) is 0 Å². The quantitative estimate of drug-likeness (QED) is 0.178. The van der Waals surface area contributed by atoms with E-state index in [2.05, 4.69) is 25.7 Å². The van der Waals surface area contributed by atoms with Gasteiger partial charge in [-0.05, 0) is 12.6 Å². The Balaban J connectivity index is 3.14. The molecule has 0 saturated heterocycles. The van der Waals surface area contributed by atoms with Gasteiger partial charge in [0.25, 0.3) is 0 Å². The lowest BCUT2D eigenvalue weighted by atomic mass is 10.0. The standard InChI is InChI=1S/C21H46OSi2/c1-4-6-7-8-9-10-11-12-13-14-15-16-17-18-19-20-21-24(3,5-2)22-23/h5H,2,4,6-21H2,1,3,23H3. The van der Waals surface area contributed by atoms with Gasteiger partial charge < -0.3 is 4.12 Å². The largest absolute Gasteiger partial charge is 0.461 e. The number of rotatable bonds is 19. The second-order valence-electron chi connectivity index (χ2n) is 7.77. The topological polar surface area (TPSA) is 9.23 Å². The third-order valence-corrected chi connectivity index (χ3v) is 11.4. The molecule has 0 aromatic rings. The van der Waals surface area contributed by atoms with Gasteiger partial charge in [-0.1, -0.05) is 115 Å². The molecule has 1 nitrogen and oxygen atoms in total. The zero-order valence-corrected chi connectivity index (χ0v) is 20.2. The van der Waals surface area contributed by atoms with Crippen molar-refractivity contribution in [3.05, 3.63) is 12.3 Å². The predicted molar refractivity (Wildman–Crippen MR) is 117 cm³/mol. The summed E-state index contributed by atoms with van der Waals surface area (Å²) in [7, 11) is -0.611. The second-order valence-corrected chi connectivity index (χ2v) is 12.9. The molecule has 0 aromatic heterocycles. The van der Waals surface area contributed by atoms with Crippen molar-refractivity contribution in [3.8, 4) is 0 Å². The molecule has 0 spiro atoms. The van der Waals surface area contributed by atoms with Crippen molar-refractivity contribution in [3.63, 3.8) is 0 Å². The maximum absolute atomic E-state index is 5.77. The molecule has 3 heteroatoms. The van der Waals surface area contributed by atoms with Gasteiger partial charge in [0.1, 0.15) is 10.5 Å². The SMILES string of the molecule is C=C[Si](C)(CCCCCCCCCCCCCCCCCC)O[SiH3]. The van der Waals surface area contributed by atoms with E-state index >= 15 is 0 Å². The first kappa shape index (κ1) is 24.1. The molecule has 1 atom stereocenters. The highest BCUT2D eigenvalue weighted by Gasteiger charge is 2.21. The van der Waals surface area contributed by atoms with E-state index in [1.165, 1.54) is 109 Å². The molecule has 0 aromatic carbocycles. The summed E-state index contributed by atoms with van der Waals surface area (Å²) < 4.78 is 5.77. The van der Waals surface area contributed by atoms with Crippen LogP contribution in [0.3, 0.4) is 0 Å². The van der Waals surface area contributed by atoms with Crippen molar-refractivity contribution >= 4 is 18.8 Å². The Hall–Kier alpha value is 0.134. The van der Waals surface area contributed by atoms with Crippen molar-refractivity contribution in [2.75, 3.05) is 0 Å². The number of hydrogen-bond acceptors (Lipinski definition) is 1. The zero-order chi connectivity index (χ0) is 17.9. The molecule has 0 N–H and O–H groups in total. The van der Waals surface area contributed by atoms with E-state index < -0.39 is 8.32 Å². The first-order chi connectivity index (χ1) is 11.7. The minimum atomic E-state index is -1.48. The summed E-state index contributed by atoms with van der Waals surface area (Å²) in [6, 6.07) is 1.28. The molecule has 24 heavy (non-hydrogen) atoms. The molecular weight excluding hydrogens is 324 g/mol. The van der Waals surface area contributed by atoms with Crippen LogP contribution in [0.2, 0.25) is 12.6 Å². The maximum atomic E-state index is 5.77. The highest BCUT2D eigenvalue weighted by molar-refractivity contribution is 6.79. The summed E-state index contributed by atoms with van der Waals surface area (Å²) in [6.45, 7) is 8.55. The molecule has 0 amide bonds. The molecule has 0 saturated carbocycles. The van der Waals surface area contributed by atoms with Crippen LogP contribution in [0, 0.1) is 0 Å². The fourth-order valence-electron chi connectivity index (χ4n) is 3.31. The summed E-state index contributed by atoms with van der Waals surface area (Å²) in [5, 5.41) is 0. The van der Waals surface area contributed by atoms with Crippen LogP contribution in [0.5, 0.6) is 0 Å². The average molecular weight is 371 g/mol. The summed E-state index contributed by atoms with van der Waals surface area (Å²) >= 11 is 0. The molecule has 0 bridgehead atoms. The first-order valence-corrected chi connectivity index (χ1v) is 14.4. The van der Waals surface area contributed by atoms with Crippen LogP contribution < -0.4 is 0 Å². The normalized spacial score (nSPS) is 13.9. The fourth-order valence-corrected chi connectivity index (χ4v) is 5.95. The fraction of sp³-hybridized carbons (Fsp3) is 0.905. The summed E-state index contributed by atoms with van der Waals surface area (Å²) in [6.07, 6.45) is 23.0. The van der Waals surface area contributed by atoms with Gasteiger partial charge >= 0.3 is 0 Å². The minimum absolute atomic E-state index is 0.868. The van der Waals surface area contributed by atoms with Crippen molar-refractivity contribution in [1.29, 1.82) is 0 Å². The van der Waals surface area contributed by atoms with Gasteiger partial charge in [0.2, 0.25) is 8.32 Å². The smallest absolute Gasteiger partial charge is 0.200 e. The van der Waals surface area contributed by atoms with Crippen LogP contribution in [0.1, 0.15) is 110 Å². The summed E-state index contributed by atoms with van der Waals surface area (Å²) in [5.41, 5.74) is 2.12. The van der Waals surface area contributed by atoms with E-state index in [-0.39, 0.29) is 0 Å². The Bertz CT molecular complexity index is 271. The van der Waals surface area contributed by atoms with Crippen molar-refractivity contribution in [1.82, 2.24) is 0 Å². The molecular formula is C21H46OSi2. The Morgan fingerprint density at radius 3 is 1.33 bits per heavy atom. The molecule has 0 aliphatic carbocycles. The summed E-state index contributed by atoms with van der Waals surface area (Å²) in [4.78, 5) is 0. The molecule has 0 aliphatic rings. The molecule has 1 unspecified atom stereocenters. The van der Waals surface area contributed by atoms with E-state index in [1.54, 1.807) is 0 Å². The van der Waals surface area contributed by atoms with E-state index in [0.717, 1.165) is 10.5 Å². The highest BCUT2D eigenvalue weighted by Crippen LogP contribution is 2.18. The van der Waals surface area contributed by atoms with Gasteiger partial charge in [-0.25, -0.2) is 0 Å². The molecule has 0 rings (SSSR count). The van der Waals surface area contributed by atoms with Gasteiger partial charge in [0.05, 0.1) is 0 Å². The molecule has 144 valence electrons. The van der Waals surface area contributed by atoms with Gasteiger partial charge in [0, 0.05) is 0 Å². The first-order valence-electron chi connectivity index (χ1n) is 10.9. The lowest BCUT2D eigenvalue weighted by molar-refractivity contribution is 0.529. The Kier molecular flexibility index (Phi) is 18.0. The van der Waals surface area contributed by atoms with Crippen LogP contribution in [0.15, 0.2) is 12.3 Å². The van der Waals surface area contributed by atoms with Gasteiger partial charge in [-0.2, -0.15) is 0 Å². The van der Waals surface area contributed by atoms with E-state index in [0.29, 0.717) is 0 Å². The monoisotopic (exact) mass is 370 g/mol. The Morgan fingerprint density at radius 1 is 0.708 bits per heavy atom. The van der Waals surface area contributed by atoms with Gasteiger partial charge in [-0.15, -0.1) is 6.58 Å². The minimum Gasteiger partial charge on any atom is -0.461 e.